The zero-order valence-electron chi connectivity index (χ0n) is 7.54. The lowest BCUT2D eigenvalue weighted by atomic mass is 9.45. The molecule has 3 fully saturated rings. The van der Waals surface area contributed by atoms with E-state index < -0.39 is 10.0 Å². The first-order chi connectivity index (χ1) is 5.39. The monoisotopic (exact) mass is 226 g/mol. The number of halogens is 1. The molecule has 0 aliphatic heterocycles. The number of rotatable bonds is 3. The maximum absolute atomic E-state index is 11.2. The highest BCUT2D eigenvalue weighted by Gasteiger charge is 2.67. The molecule has 3 aliphatic rings. The third-order valence-corrected chi connectivity index (χ3v) is 4.33. The van der Waals surface area contributed by atoms with Crippen LogP contribution in [0.5, 0.6) is 0 Å². The Balaban J connectivity index is 0.000000845. The molecule has 0 radical (unpaired) electrons. The van der Waals surface area contributed by atoms with Gasteiger partial charge in [-0.2, -0.15) is 0 Å². The quantitative estimate of drug-likeness (QED) is 0.711. The normalized spacial score (nSPS) is 41.4. The summed E-state index contributed by atoms with van der Waals surface area (Å²) < 4.78 is 25.1. The lowest BCUT2D eigenvalue weighted by molar-refractivity contribution is -0.0618. The molecule has 3 saturated carbocycles. The van der Waals surface area contributed by atoms with Crippen LogP contribution in [0, 0.1) is 0 Å². The molecule has 0 aromatic carbocycles. The molecule has 2 bridgehead atoms. The van der Waals surface area contributed by atoms with Crippen molar-refractivity contribution in [1.29, 1.82) is 0 Å². The Labute approximate surface area is 84.7 Å². The van der Waals surface area contributed by atoms with Gasteiger partial charge in [-0.15, -0.1) is 12.4 Å². The number of nitrogens with two attached hydrogens (primary N) is 1. The standard InChI is InChI=1S/C7H14N2O2S.ClH/c1-2-12(10,11)9-7-3-6(8,4-7)5-7;/h9H,2-5,8H2,1H3;1H. The Kier molecular flexibility index (Phi) is 2.44. The van der Waals surface area contributed by atoms with Crippen molar-refractivity contribution in [3.8, 4) is 0 Å². The molecule has 3 rings (SSSR count). The van der Waals surface area contributed by atoms with E-state index in [1.165, 1.54) is 0 Å². The molecule has 0 heterocycles. The molecule has 0 aromatic heterocycles. The molecular formula is C7H15ClN2O2S. The fourth-order valence-corrected chi connectivity index (χ4v) is 3.40. The van der Waals surface area contributed by atoms with Crippen LogP contribution in [0.3, 0.4) is 0 Å². The first-order valence-electron chi connectivity index (χ1n) is 4.19. The lowest BCUT2D eigenvalue weighted by Gasteiger charge is -2.68. The summed E-state index contributed by atoms with van der Waals surface area (Å²) in [5.41, 5.74) is 5.62. The average molecular weight is 227 g/mol. The zero-order valence-corrected chi connectivity index (χ0v) is 9.17. The molecule has 0 unspecified atom stereocenters. The van der Waals surface area contributed by atoms with Crippen LogP contribution >= 0.6 is 12.4 Å². The average Bonchev–Trinajstić information content (AvgIpc) is 1.82. The molecule has 0 amide bonds. The van der Waals surface area contributed by atoms with Gasteiger partial charge in [0.15, 0.2) is 0 Å². The van der Waals surface area contributed by atoms with E-state index in [1.807, 2.05) is 0 Å². The van der Waals surface area contributed by atoms with Gasteiger partial charge in [0.2, 0.25) is 10.0 Å². The molecule has 3 aliphatic carbocycles. The van der Waals surface area contributed by atoms with Gasteiger partial charge in [-0.3, -0.25) is 0 Å². The Morgan fingerprint density at radius 3 is 2.15 bits per heavy atom. The van der Waals surface area contributed by atoms with Gasteiger partial charge in [0.25, 0.3) is 0 Å². The topological polar surface area (TPSA) is 72.2 Å². The first-order valence-corrected chi connectivity index (χ1v) is 5.85. The van der Waals surface area contributed by atoms with Crippen molar-refractivity contribution >= 4 is 22.4 Å². The minimum atomic E-state index is -3.03. The van der Waals surface area contributed by atoms with Crippen molar-refractivity contribution in [1.82, 2.24) is 4.72 Å². The molecule has 0 atom stereocenters. The number of sulfonamides is 1. The molecule has 13 heavy (non-hydrogen) atoms. The number of hydrogen-bond donors (Lipinski definition) is 2. The van der Waals surface area contributed by atoms with Crippen molar-refractivity contribution in [3.05, 3.63) is 0 Å². The van der Waals surface area contributed by atoms with E-state index in [1.54, 1.807) is 6.92 Å². The fourth-order valence-electron chi connectivity index (χ4n) is 2.38. The summed E-state index contributed by atoms with van der Waals surface area (Å²) in [5, 5.41) is 0. The lowest BCUT2D eigenvalue weighted by Crippen LogP contribution is -2.82. The van der Waals surface area contributed by atoms with Crippen LogP contribution in [0.2, 0.25) is 0 Å². The predicted molar refractivity (Wildman–Crippen MR) is 53.3 cm³/mol. The second-order valence-electron chi connectivity index (χ2n) is 4.18. The molecule has 6 heteroatoms. The summed E-state index contributed by atoms with van der Waals surface area (Å²) in [6, 6.07) is 0. The zero-order chi connectivity index (χ0) is 9.04. The highest BCUT2D eigenvalue weighted by atomic mass is 35.5. The summed E-state index contributed by atoms with van der Waals surface area (Å²) >= 11 is 0. The van der Waals surface area contributed by atoms with Gasteiger partial charge in [0, 0.05) is 11.1 Å². The summed E-state index contributed by atoms with van der Waals surface area (Å²) in [6.07, 6.45) is 2.46. The van der Waals surface area contributed by atoms with E-state index in [0.29, 0.717) is 0 Å². The van der Waals surface area contributed by atoms with E-state index in [4.69, 9.17) is 5.73 Å². The predicted octanol–water partition coefficient (Wildman–Crippen LogP) is -0.0187. The van der Waals surface area contributed by atoms with Gasteiger partial charge < -0.3 is 5.73 Å². The van der Waals surface area contributed by atoms with Crippen molar-refractivity contribution in [2.24, 2.45) is 5.73 Å². The minimum absolute atomic E-state index is 0. The maximum Gasteiger partial charge on any atom is 0.211 e. The number of nitrogens with one attached hydrogen (secondary N) is 1. The third-order valence-electron chi connectivity index (χ3n) is 2.82. The minimum Gasteiger partial charge on any atom is -0.325 e. The van der Waals surface area contributed by atoms with Crippen molar-refractivity contribution in [2.45, 2.75) is 37.3 Å². The van der Waals surface area contributed by atoms with E-state index in [0.717, 1.165) is 19.3 Å². The molecule has 3 N–H and O–H groups in total. The number of hydrogen-bond acceptors (Lipinski definition) is 3. The maximum atomic E-state index is 11.2. The van der Waals surface area contributed by atoms with Gasteiger partial charge in [-0.1, -0.05) is 0 Å². The van der Waals surface area contributed by atoms with Gasteiger partial charge in [-0.05, 0) is 26.2 Å². The second-order valence-corrected chi connectivity index (χ2v) is 6.19. The summed E-state index contributed by atoms with van der Waals surface area (Å²) in [4.78, 5) is 0. The Morgan fingerprint density at radius 2 is 1.85 bits per heavy atom. The second kappa shape index (κ2) is 2.82. The van der Waals surface area contributed by atoms with Gasteiger partial charge in [0.1, 0.15) is 0 Å². The molecular weight excluding hydrogens is 212 g/mol. The highest BCUT2D eigenvalue weighted by Crippen LogP contribution is 2.58. The third kappa shape index (κ3) is 1.70. The molecule has 0 aromatic rings. The van der Waals surface area contributed by atoms with E-state index in [9.17, 15) is 8.42 Å². The van der Waals surface area contributed by atoms with Crippen molar-refractivity contribution in [3.63, 3.8) is 0 Å². The largest absolute Gasteiger partial charge is 0.325 e. The molecule has 0 saturated heterocycles. The SMILES string of the molecule is CCS(=O)(=O)NC12CC(N)(C1)C2.Cl. The van der Waals surface area contributed by atoms with Crippen LogP contribution < -0.4 is 10.5 Å². The van der Waals surface area contributed by atoms with Crippen LogP contribution in [0.1, 0.15) is 26.2 Å². The van der Waals surface area contributed by atoms with Crippen molar-refractivity contribution < 1.29 is 8.42 Å². The molecule has 0 spiro atoms. The van der Waals surface area contributed by atoms with E-state index in [-0.39, 0.29) is 29.2 Å². The summed E-state index contributed by atoms with van der Waals surface area (Å²) in [5.74, 6) is 0.159. The van der Waals surface area contributed by atoms with Crippen LogP contribution in [0.15, 0.2) is 0 Å². The van der Waals surface area contributed by atoms with Gasteiger partial charge in [0.05, 0.1) is 5.75 Å². The summed E-state index contributed by atoms with van der Waals surface area (Å²) in [7, 11) is -3.03. The van der Waals surface area contributed by atoms with Gasteiger partial charge in [-0.25, -0.2) is 13.1 Å². The van der Waals surface area contributed by atoms with E-state index in [2.05, 4.69) is 4.72 Å². The highest BCUT2D eigenvalue weighted by molar-refractivity contribution is 7.89. The van der Waals surface area contributed by atoms with Crippen molar-refractivity contribution in [2.75, 3.05) is 5.75 Å². The smallest absolute Gasteiger partial charge is 0.211 e. The fraction of sp³-hybridized carbons (Fsp3) is 1.00. The molecule has 78 valence electrons. The Morgan fingerprint density at radius 1 is 1.38 bits per heavy atom. The molecule has 4 nitrogen and oxygen atoms in total. The van der Waals surface area contributed by atoms with Crippen LogP contribution in [0.4, 0.5) is 0 Å². The first kappa shape index (κ1) is 11.2. The van der Waals surface area contributed by atoms with Crippen LogP contribution in [-0.4, -0.2) is 25.2 Å². The van der Waals surface area contributed by atoms with E-state index >= 15 is 0 Å². The summed E-state index contributed by atoms with van der Waals surface area (Å²) in [6.45, 7) is 1.64. The van der Waals surface area contributed by atoms with Crippen LogP contribution in [-0.2, 0) is 10.0 Å². The Bertz CT molecular complexity index is 295. The van der Waals surface area contributed by atoms with Crippen LogP contribution in [0.25, 0.3) is 0 Å². The van der Waals surface area contributed by atoms with Gasteiger partial charge >= 0.3 is 0 Å². The Hall–Kier alpha value is 0.160.